The third-order valence-corrected chi connectivity index (χ3v) is 3.63. The van der Waals surface area contributed by atoms with Gasteiger partial charge < -0.3 is 11.1 Å². The van der Waals surface area contributed by atoms with Crippen molar-refractivity contribution in [3.8, 4) is 0 Å². The Hall–Kier alpha value is -1.49. The second-order valence-corrected chi connectivity index (χ2v) is 5.23. The van der Waals surface area contributed by atoms with Crippen molar-refractivity contribution < 1.29 is 13.6 Å². The molecule has 1 saturated carbocycles. The zero-order valence-corrected chi connectivity index (χ0v) is 10.9. The van der Waals surface area contributed by atoms with Gasteiger partial charge in [-0.2, -0.15) is 0 Å². The lowest BCUT2D eigenvalue weighted by Crippen LogP contribution is -2.30. The number of aryl methyl sites for hydroxylation is 1. The average Bonchev–Trinajstić information content (AvgIpc) is 2.77. The SMILES string of the molecule is Cc1cc(C(=O)NCC2CCC(N)C2)c(F)cc1F. The van der Waals surface area contributed by atoms with Gasteiger partial charge in [0.2, 0.25) is 0 Å². The second-order valence-electron chi connectivity index (χ2n) is 5.23. The summed E-state index contributed by atoms with van der Waals surface area (Å²) in [5, 5.41) is 2.69. The van der Waals surface area contributed by atoms with Crippen LogP contribution in [0.1, 0.15) is 35.2 Å². The molecule has 1 aliphatic rings. The summed E-state index contributed by atoms with van der Waals surface area (Å²) >= 11 is 0. The van der Waals surface area contributed by atoms with Crippen LogP contribution in [0.15, 0.2) is 12.1 Å². The quantitative estimate of drug-likeness (QED) is 0.882. The molecule has 1 amide bonds. The Morgan fingerprint density at radius 3 is 2.74 bits per heavy atom. The molecule has 1 fully saturated rings. The van der Waals surface area contributed by atoms with E-state index in [-0.39, 0.29) is 17.2 Å². The predicted octanol–water partition coefficient (Wildman–Crippen LogP) is 2.13. The van der Waals surface area contributed by atoms with Crippen LogP contribution in [0.5, 0.6) is 0 Å². The minimum atomic E-state index is -0.830. The largest absolute Gasteiger partial charge is 0.352 e. The third-order valence-electron chi connectivity index (χ3n) is 3.63. The Labute approximate surface area is 111 Å². The monoisotopic (exact) mass is 268 g/mol. The standard InChI is InChI=1S/C14H18F2N2O/c1-8-4-11(13(16)6-12(8)15)14(19)18-7-9-2-3-10(17)5-9/h4,6,9-10H,2-3,5,7,17H2,1H3,(H,18,19). The molecule has 0 aromatic heterocycles. The van der Waals surface area contributed by atoms with E-state index in [0.29, 0.717) is 12.5 Å². The van der Waals surface area contributed by atoms with E-state index in [1.54, 1.807) is 0 Å². The summed E-state index contributed by atoms with van der Waals surface area (Å²) in [4.78, 5) is 11.9. The van der Waals surface area contributed by atoms with Crippen LogP contribution in [0.4, 0.5) is 8.78 Å². The molecule has 1 aromatic rings. The molecule has 5 heteroatoms. The van der Waals surface area contributed by atoms with Crippen LogP contribution < -0.4 is 11.1 Å². The van der Waals surface area contributed by atoms with Gasteiger partial charge in [0.05, 0.1) is 5.56 Å². The van der Waals surface area contributed by atoms with Crippen molar-refractivity contribution in [3.05, 3.63) is 34.9 Å². The van der Waals surface area contributed by atoms with Crippen LogP contribution in [0.3, 0.4) is 0 Å². The molecule has 1 aliphatic carbocycles. The number of nitrogens with two attached hydrogens (primary N) is 1. The van der Waals surface area contributed by atoms with E-state index in [1.165, 1.54) is 13.0 Å². The second kappa shape index (κ2) is 5.65. The van der Waals surface area contributed by atoms with E-state index >= 15 is 0 Å². The molecular weight excluding hydrogens is 250 g/mol. The molecule has 0 spiro atoms. The molecule has 0 saturated heterocycles. The van der Waals surface area contributed by atoms with E-state index in [1.807, 2.05) is 0 Å². The Kier molecular flexibility index (Phi) is 4.14. The average molecular weight is 268 g/mol. The van der Waals surface area contributed by atoms with E-state index in [0.717, 1.165) is 25.3 Å². The first-order chi connectivity index (χ1) is 8.97. The van der Waals surface area contributed by atoms with Gasteiger partial charge in [-0.1, -0.05) is 0 Å². The van der Waals surface area contributed by atoms with Gasteiger partial charge in [-0.3, -0.25) is 4.79 Å². The molecule has 0 bridgehead atoms. The van der Waals surface area contributed by atoms with E-state index in [4.69, 9.17) is 5.73 Å². The van der Waals surface area contributed by atoms with Crippen molar-refractivity contribution in [3.63, 3.8) is 0 Å². The van der Waals surface area contributed by atoms with Crippen LogP contribution in [-0.2, 0) is 0 Å². The molecule has 104 valence electrons. The Balaban J connectivity index is 1.98. The first-order valence-electron chi connectivity index (χ1n) is 6.46. The Bertz CT molecular complexity index is 491. The predicted molar refractivity (Wildman–Crippen MR) is 68.7 cm³/mol. The van der Waals surface area contributed by atoms with Crippen LogP contribution in [-0.4, -0.2) is 18.5 Å². The third kappa shape index (κ3) is 3.29. The van der Waals surface area contributed by atoms with Crippen molar-refractivity contribution in [1.29, 1.82) is 0 Å². The molecular formula is C14H18F2N2O. The van der Waals surface area contributed by atoms with Gasteiger partial charge >= 0.3 is 0 Å². The van der Waals surface area contributed by atoms with Crippen LogP contribution in [0, 0.1) is 24.5 Å². The van der Waals surface area contributed by atoms with Crippen LogP contribution in [0.25, 0.3) is 0 Å². The van der Waals surface area contributed by atoms with E-state index < -0.39 is 17.5 Å². The minimum Gasteiger partial charge on any atom is -0.352 e. The maximum atomic E-state index is 13.5. The summed E-state index contributed by atoms with van der Waals surface area (Å²) in [6, 6.07) is 2.18. The molecule has 1 aromatic carbocycles. The fraction of sp³-hybridized carbons (Fsp3) is 0.500. The molecule has 0 radical (unpaired) electrons. The molecule has 0 aliphatic heterocycles. The van der Waals surface area contributed by atoms with Crippen molar-refractivity contribution in [1.82, 2.24) is 5.32 Å². The normalized spacial score (nSPS) is 22.5. The van der Waals surface area contributed by atoms with Gasteiger partial charge in [-0.15, -0.1) is 0 Å². The van der Waals surface area contributed by atoms with Gasteiger partial charge in [-0.05, 0) is 43.7 Å². The number of hydrogen-bond donors (Lipinski definition) is 2. The molecule has 2 rings (SSSR count). The maximum absolute atomic E-state index is 13.5. The number of rotatable bonds is 3. The first-order valence-corrected chi connectivity index (χ1v) is 6.46. The minimum absolute atomic E-state index is 0.110. The van der Waals surface area contributed by atoms with Crippen molar-refractivity contribution in [2.75, 3.05) is 6.54 Å². The lowest BCUT2D eigenvalue weighted by Gasteiger charge is -2.12. The van der Waals surface area contributed by atoms with Crippen molar-refractivity contribution in [2.24, 2.45) is 11.7 Å². The summed E-state index contributed by atoms with van der Waals surface area (Å²) in [7, 11) is 0. The number of halogens is 2. The van der Waals surface area contributed by atoms with Crippen molar-refractivity contribution >= 4 is 5.91 Å². The van der Waals surface area contributed by atoms with Gasteiger partial charge in [0.15, 0.2) is 0 Å². The summed E-state index contributed by atoms with van der Waals surface area (Å²) in [5.41, 5.74) is 5.94. The van der Waals surface area contributed by atoms with E-state index in [9.17, 15) is 13.6 Å². The fourth-order valence-corrected chi connectivity index (χ4v) is 2.46. The van der Waals surface area contributed by atoms with Gasteiger partial charge in [-0.25, -0.2) is 8.78 Å². The highest BCUT2D eigenvalue weighted by Crippen LogP contribution is 2.23. The molecule has 2 unspecified atom stereocenters. The number of hydrogen-bond acceptors (Lipinski definition) is 2. The van der Waals surface area contributed by atoms with Gasteiger partial charge in [0, 0.05) is 18.7 Å². The summed E-state index contributed by atoms with van der Waals surface area (Å²) in [6.07, 6.45) is 2.82. The number of carbonyl (C=O) groups is 1. The highest BCUT2D eigenvalue weighted by molar-refractivity contribution is 5.94. The molecule has 2 atom stereocenters. The van der Waals surface area contributed by atoms with Crippen molar-refractivity contribution in [2.45, 2.75) is 32.2 Å². The van der Waals surface area contributed by atoms with Crippen LogP contribution >= 0.6 is 0 Å². The summed E-state index contributed by atoms with van der Waals surface area (Å²) in [5.74, 6) is -1.62. The number of amides is 1. The lowest BCUT2D eigenvalue weighted by molar-refractivity contribution is 0.0943. The van der Waals surface area contributed by atoms with Crippen LogP contribution in [0.2, 0.25) is 0 Å². The molecule has 3 nitrogen and oxygen atoms in total. The smallest absolute Gasteiger partial charge is 0.254 e. The number of nitrogens with one attached hydrogen (secondary N) is 1. The number of carbonyl (C=O) groups excluding carboxylic acids is 1. The Morgan fingerprint density at radius 2 is 2.11 bits per heavy atom. The Morgan fingerprint density at radius 1 is 1.37 bits per heavy atom. The highest BCUT2D eigenvalue weighted by Gasteiger charge is 2.23. The maximum Gasteiger partial charge on any atom is 0.254 e. The summed E-state index contributed by atoms with van der Waals surface area (Å²) < 4.78 is 26.6. The van der Waals surface area contributed by atoms with Gasteiger partial charge in [0.1, 0.15) is 11.6 Å². The fourth-order valence-electron chi connectivity index (χ4n) is 2.46. The molecule has 0 heterocycles. The topological polar surface area (TPSA) is 55.1 Å². The van der Waals surface area contributed by atoms with Gasteiger partial charge in [0.25, 0.3) is 5.91 Å². The zero-order chi connectivity index (χ0) is 14.0. The lowest BCUT2D eigenvalue weighted by atomic mass is 10.1. The number of benzene rings is 1. The molecule has 3 N–H and O–H groups in total. The summed E-state index contributed by atoms with van der Waals surface area (Å²) in [6.45, 7) is 1.99. The highest BCUT2D eigenvalue weighted by atomic mass is 19.1. The molecule has 19 heavy (non-hydrogen) atoms. The zero-order valence-electron chi connectivity index (χ0n) is 10.9. The first kappa shape index (κ1) is 13.9. The van der Waals surface area contributed by atoms with E-state index in [2.05, 4.69) is 5.32 Å².